The number of rotatable bonds is 17. The first-order valence-electron chi connectivity index (χ1n) is 11.7. The van der Waals surface area contributed by atoms with Crippen LogP contribution in [0.2, 0.25) is 0 Å². The molecule has 0 unspecified atom stereocenters. The molecule has 1 nitrogen and oxygen atoms in total. The zero-order valence-corrected chi connectivity index (χ0v) is 17.3. The molecule has 0 aromatic heterocycles. The van der Waals surface area contributed by atoms with Gasteiger partial charge in [-0.2, -0.15) is 0 Å². The Labute approximate surface area is 154 Å². The number of nitrogens with zero attached hydrogens (tertiary/aromatic N) is 1. The van der Waals surface area contributed by atoms with Gasteiger partial charge < -0.3 is 4.48 Å². The molecule has 1 heteroatoms. The molecular formula is C23H48N+. The molecule has 0 aromatic carbocycles. The summed E-state index contributed by atoms with van der Waals surface area (Å²) in [6, 6.07) is 0. The van der Waals surface area contributed by atoms with Crippen LogP contribution in [-0.4, -0.2) is 30.7 Å². The molecule has 0 atom stereocenters. The molecule has 0 N–H and O–H groups in total. The lowest BCUT2D eigenvalue weighted by molar-refractivity contribution is -0.917. The van der Waals surface area contributed by atoms with Gasteiger partial charge in [-0.25, -0.2) is 0 Å². The Bertz CT molecular complexity index is 255. The maximum atomic E-state index is 2.32. The third-order valence-electron chi connectivity index (χ3n) is 6.24. The summed E-state index contributed by atoms with van der Waals surface area (Å²) in [6.45, 7) is 10.6. The van der Waals surface area contributed by atoms with Gasteiger partial charge in [0.05, 0.1) is 26.2 Å². The molecule has 1 saturated heterocycles. The maximum Gasteiger partial charge on any atom is 0.0788 e. The predicted octanol–water partition coefficient (Wildman–Crippen LogP) is 7.49. The fraction of sp³-hybridized carbons (Fsp3) is 1.00. The van der Waals surface area contributed by atoms with E-state index in [0.717, 1.165) is 0 Å². The van der Waals surface area contributed by atoms with Crippen molar-refractivity contribution in [3.8, 4) is 0 Å². The summed E-state index contributed by atoms with van der Waals surface area (Å²) < 4.78 is 1.49. The van der Waals surface area contributed by atoms with Crippen molar-refractivity contribution in [3.05, 3.63) is 0 Å². The zero-order valence-electron chi connectivity index (χ0n) is 17.3. The summed E-state index contributed by atoms with van der Waals surface area (Å²) in [5.74, 6) is 0. The summed E-state index contributed by atoms with van der Waals surface area (Å²) in [6.07, 6.45) is 24.9. The first kappa shape index (κ1) is 22.0. The normalized spacial score (nSPS) is 16.8. The molecule has 0 amide bonds. The largest absolute Gasteiger partial charge is 0.324 e. The van der Waals surface area contributed by atoms with Crippen molar-refractivity contribution in [3.63, 3.8) is 0 Å². The number of hydrogen-bond acceptors (Lipinski definition) is 0. The average molecular weight is 339 g/mol. The molecule has 1 rings (SSSR count). The van der Waals surface area contributed by atoms with Gasteiger partial charge in [0.15, 0.2) is 0 Å². The van der Waals surface area contributed by atoms with Gasteiger partial charge in [-0.05, 0) is 25.7 Å². The van der Waals surface area contributed by atoms with E-state index in [0.29, 0.717) is 0 Å². The molecule has 0 aliphatic carbocycles. The molecule has 0 aromatic rings. The van der Waals surface area contributed by atoms with E-state index in [-0.39, 0.29) is 0 Å². The number of likely N-dealkylation sites (tertiary alicyclic amines) is 1. The minimum atomic E-state index is 1.37. The Morgan fingerprint density at radius 1 is 0.458 bits per heavy atom. The molecule has 0 radical (unpaired) electrons. The van der Waals surface area contributed by atoms with Crippen molar-refractivity contribution in [2.45, 2.75) is 123 Å². The maximum absolute atomic E-state index is 2.32. The van der Waals surface area contributed by atoms with Gasteiger partial charge in [0.1, 0.15) is 0 Å². The average Bonchev–Trinajstić information content (AvgIpc) is 3.06. The van der Waals surface area contributed by atoms with Gasteiger partial charge in [-0.1, -0.05) is 84.5 Å². The second kappa shape index (κ2) is 15.2. The molecule has 144 valence electrons. The van der Waals surface area contributed by atoms with Crippen LogP contribution in [0.3, 0.4) is 0 Å². The fourth-order valence-corrected chi connectivity index (χ4v) is 4.55. The molecule has 0 saturated carbocycles. The van der Waals surface area contributed by atoms with E-state index < -0.39 is 0 Å². The van der Waals surface area contributed by atoms with Crippen LogP contribution >= 0.6 is 0 Å². The van der Waals surface area contributed by atoms with Crippen LogP contribution in [-0.2, 0) is 0 Å². The number of quaternary nitrogens is 1. The quantitative estimate of drug-likeness (QED) is 0.190. The Kier molecular flexibility index (Phi) is 14.0. The van der Waals surface area contributed by atoms with Crippen molar-refractivity contribution in [2.75, 3.05) is 26.2 Å². The first-order chi connectivity index (χ1) is 11.8. The summed E-state index contributed by atoms with van der Waals surface area (Å²) in [4.78, 5) is 0. The Hall–Kier alpha value is -0.0400. The lowest BCUT2D eigenvalue weighted by Crippen LogP contribution is -2.46. The highest BCUT2D eigenvalue weighted by atomic mass is 15.4. The smallest absolute Gasteiger partial charge is 0.0788 e. The van der Waals surface area contributed by atoms with E-state index in [2.05, 4.69) is 13.8 Å². The minimum absolute atomic E-state index is 1.37. The van der Waals surface area contributed by atoms with Crippen LogP contribution in [0.25, 0.3) is 0 Å². The highest BCUT2D eigenvalue weighted by molar-refractivity contribution is 4.57. The van der Waals surface area contributed by atoms with Crippen molar-refractivity contribution in [2.24, 2.45) is 0 Å². The zero-order chi connectivity index (χ0) is 17.3. The molecular weight excluding hydrogens is 290 g/mol. The predicted molar refractivity (Wildman–Crippen MR) is 110 cm³/mol. The van der Waals surface area contributed by atoms with Crippen LogP contribution in [0, 0.1) is 0 Å². The van der Waals surface area contributed by atoms with Gasteiger partial charge in [-0.3, -0.25) is 0 Å². The van der Waals surface area contributed by atoms with Gasteiger partial charge >= 0.3 is 0 Å². The van der Waals surface area contributed by atoms with E-state index in [1.54, 1.807) is 0 Å². The van der Waals surface area contributed by atoms with Crippen molar-refractivity contribution >= 4 is 0 Å². The van der Waals surface area contributed by atoms with Gasteiger partial charge in [0.2, 0.25) is 0 Å². The molecule has 1 fully saturated rings. The standard InChI is InChI=1S/C23H48N/c1-3-5-7-9-10-11-12-13-14-15-17-21-24(22-18-19-23-24)20-16-8-6-4-2/h3-23H2,1-2H3/q+1. The highest BCUT2D eigenvalue weighted by Crippen LogP contribution is 2.23. The van der Waals surface area contributed by atoms with E-state index >= 15 is 0 Å². The van der Waals surface area contributed by atoms with E-state index in [1.165, 1.54) is 140 Å². The van der Waals surface area contributed by atoms with Crippen molar-refractivity contribution in [1.29, 1.82) is 0 Å². The first-order valence-corrected chi connectivity index (χ1v) is 11.7. The van der Waals surface area contributed by atoms with E-state index in [9.17, 15) is 0 Å². The molecule has 1 heterocycles. The second-order valence-corrected chi connectivity index (χ2v) is 8.54. The van der Waals surface area contributed by atoms with Crippen LogP contribution in [0.15, 0.2) is 0 Å². The number of hydrogen-bond donors (Lipinski definition) is 0. The lowest BCUT2D eigenvalue weighted by Gasteiger charge is -2.34. The van der Waals surface area contributed by atoms with Crippen LogP contribution in [0.4, 0.5) is 0 Å². The molecule has 1 aliphatic heterocycles. The Morgan fingerprint density at radius 3 is 1.21 bits per heavy atom. The molecule has 0 spiro atoms. The summed E-state index contributed by atoms with van der Waals surface area (Å²) in [7, 11) is 0. The second-order valence-electron chi connectivity index (χ2n) is 8.54. The lowest BCUT2D eigenvalue weighted by atomic mass is 10.1. The van der Waals surface area contributed by atoms with E-state index in [1.807, 2.05) is 0 Å². The van der Waals surface area contributed by atoms with Crippen LogP contribution < -0.4 is 0 Å². The highest BCUT2D eigenvalue weighted by Gasteiger charge is 2.30. The Morgan fingerprint density at radius 2 is 0.792 bits per heavy atom. The van der Waals surface area contributed by atoms with Gasteiger partial charge in [0, 0.05) is 12.8 Å². The molecule has 0 bridgehead atoms. The van der Waals surface area contributed by atoms with Crippen LogP contribution in [0.5, 0.6) is 0 Å². The Balaban J connectivity index is 1.95. The SMILES string of the molecule is CCCCCCCCCCCCC[N+]1(CCCCCC)CCCC1. The monoisotopic (exact) mass is 338 g/mol. The summed E-state index contributed by atoms with van der Waals surface area (Å²) >= 11 is 0. The topological polar surface area (TPSA) is 0 Å². The molecule has 24 heavy (non-hydrogen) atoms. The fourth-order valence-electron chi connectivity index (χ4n) is 4.55. The summed E-state index contributed by atoms with van der Waals surface area (Å²) in [5.41, 5.74) is 0. The third kappa shape index (κ3) is 10.7. The summed E-state index contributed by atoms with van der Waals surface area (Å²) in [5, 5.41) is 0. The molecule has 1 aliphatic rings. The van der Waals surface area contributed by atoms with Gasteiger partial charge in [0.25, 0.3) is 0 Å². The van der Waals surface area contributed by atoms with Gasteiger partial charge in [-0.15, -0.1) is 0 Å². The van der Waals surface area contributed by atoms with Crippen molar-refractivity contribution in [1.82, 2.24) is 0 Å². The minimum Gasteiger partial charge on any atom is -0.324 e. The third-order valence-corrected chi connectivity index (χ3v) is 6.24. The van der Waals surface area contributed by atoms with E-state index in [4.69, 9.17) is 0 Å². The number of unbranched alkanes of at least 4 members (excludes halogenated alkanes) is 13. The van der Waals surface area contributed by atoms with Crippen molar-refractivity contribution < 1.29 is 4.48 Å². The van der Waals surface area contributed by atoms with Crippen LogP contribution in [0.1, 0.15) is 123 Å².